The van der Waals surface area contributed by atoms with Crippen molar-refractivity contribution in [1.82, 2.24) is 9.78 Å². The molecule has 2 aromatic heterocycles. The van der Waals surface area contributed by atoms with Crippen LogP contribution in [0, 0.1) is 0 Å². The summed E-state index contributed by atoms with van der Waals surface area (Å²) in [6.07, 6.45) is 0. The first-order valence-electron chi connectivity index (χ1n) is 4.49. The number of nitrogens with zero attached hydrogens (tertiary/aromatic N) is 2. The largest absolute Gasteiger partial charge is 0.268 e. The third-order valence-electron chi connectivity index (χ3n) is 1.94. The highest BCUT2D eigenvalue weighted by atomic mass is 79.9. The number of hydrogen-bond donors (Lipinski definition) is 0. The van der Waals surface area contributed by atoms with Crippen LogP contribution in [-0.4, -0.2) is 15.1 Å². The second-order valence-corrected chi connectivity index (χ2v) is 4.69. The minimum atomic E-state index is -0.0604. The molecule has 2 aromatic rings. The summed E-state index contributed by atoms with van der Waals surface area (Å²) in [5, 5.41) is 7.02. The van der Waals surface area contributed by atoms with Crippen molar-refractivity contribution in [3.05, 3.63) is 40.0 Å². The van der Waals surface area contributed by atoms with E-state index in [2.05, 4.69) is 21.0 Å². The van der Waals surface area contributed by atoms with Gasteiger partial charge in [-0.3, -0.25) is 4.79 Å². The van der Waals surface area contributed by atoms with Crippen molar-refractivity contribution in [3.8, 4) is 10.6 Å². The number of alkyl halides is 1. The zero-order valence-corrected chi connectivity index (χ0v) is 10.3. The van der Waals surface area contributed by atoms with E-state index in [1.165, 1.54) is 4.68 Å². The van der Waals surface area contributed by atoms with E-state index < -0.39 is 0 Å². The first-order chi connectivity index (χ1) is 7.31. The molecule has 15 heavy (non-hydrogen) atoms. The Bertz CT molecular complexity index is 492. The quantitative estimate of drug-likeness (QED) is 0.811. The summed E-state index contributed by atoms with van der Waals surface area (Å²) in [5.41, 5.74) is 0.792. The molecule has 3 nitrogen and oxygen atoms in total. The van der Waals surface area contributed by atoms with Gasteiger partial charge in [-0.25, -0.2) is 4.68 Å². The predicted octanol–water partition coefficient (Wildman–Crippen LogP) is 2.37. The fourth-order valence-electron chi connectivity index (χ4n) is 1.24. The van der Waals surface area contributed by atoms with Gasteiger partial charge in [0.25, 0.3) is 5.56 Å². The summed E-state index contributed by atoms with van der Waals surface area (Å²) in [5.74, 6) is 0. The van der Waals surface area contributed by atoms with E-state index in [0.29, 0.717) is 6.54 Å². The molecule has 2 heterocycles. The van der Waals surface area contributed by atoms with Crippen LogP contribution in [0.25, 0.3) is 10.6 Å². The van der Waals surface area contributed by atoms with E-state index in [9.17, 15) is 4.79 Å². The highest BCUT2D eigenvalue weighted by Crippen LogP contribution is 2.20. The zero-order valence-electron chi connectivity index (χ0n) is 7.89. The molecule has 0 aliphatic carbocycles. The molecule has 5 heteroatoms. The molecule has 0 N–H and O–H groups in total. The monoisotopic (exact) mass is 284 g/mol. The van der Waals surface area contributed by atoms with Crippen molar-refractivity contribution < 1.29 is 0 Å². The van der Waals surface area contributed by atoms with Gasteiger partial charge < -0.3 is 0 Å². The summed E-state index contributed by atoms with van der Waals surface area (Å²) >= 11 is 4.92. The van der Waals surface area contributed by atoms with E-state index >= 15 is 0 Å². The molecule has 0 aliphatic rings. The Morgan fingerprint density at radius 2 is 2.27 bits per heavy atom. The molecule has 78 valence electrons. The first kappa shape index (κ1) is 10.6. The average molecular weight is 285 g/mol. The van der Waals surface area contributed by atoms with Gasteiger partial charge in [-0.05, 0) is 17.5 Å². The second kappa shape index (κ2) is 4.72. The molecule has 0 bridgehead atoms. The maximum absolute atomic E-state index is 11.4. The Balaban J connectivity index is 2.43. The third kappa shape index (κ3) is 2.35. The van der Waals surface area contributed by atoms with Crippen molar-refractivity contribution in [2.24, 2.45) is 0 Å². The van der Waals surface area contributed by atoms with Gasteiger partial charge >= 0.3 is 0 Å². The van der Waals surface area contributed by atoms with Crippen molar-refractivity contribution in [1.29, 1.82) is 0 Å². The van der Waals surface area contributed by atoms with Gasteiger partial charge in [-0.1, -0.05) is 22.0 Å². The van der Waals surface area contributed by atoms with Gasteiger partial charge in [-0.2, -0.15) is 5.10 Å². The molecule has 0 saturated carbocycles. The maximum Gasteiger partial charge on any atom is 0.266 e. The molecule has 2 rings (SSSR count). The molecule has 0 saturated heterocycles. The third-order valence-corrected chi connectivity index (χ3v) is 3.18. The summed E-state index contributed by atoms with van der Waals surface area (Å²) in [4.78, 5) is 12.5. The SMILES string of the molecule is O=c1ccc(-c2cccs2)nn1CCBr. The lowest BCUT2D eigenvalue weighted by atomic mass is 10.3. The number of halogens is 1. The Kier molecular flexibility index (Phi) is 3.33. The lowest BCUT2D eigenvalue weighted by molar-refractivity contribution is 0.627. The van der Waals surface area contributed by atoms with Crippen LogP contribution in [0.3, 0.4) is 0 Å². The van der Waals surface area contributed by atoms with Crippen molar-refractivity contribution in [2.75, 3.05) is 5.33 Å². The molecule has 0 fully saturated rings. The van der Waals surface area contributed by atoms with E-state index in [4.69, 9.17) is 0 Å². The molecule has 0 aromatic carbocycles. The highest BCUT2D eigenvalue weighted by Gasteiger charge is 2.03. The second-order valence-electron chi connectivity index (χ2n) is 2.95. The fourth-order valence-corrected chi connectivity index (χ4v) is 2.27. The molecule has 0 amide bonds. The van der Waals surface area contributed by atoms with E-state index in [-0.39, 0.29) is 5.56 Å². The normalized spacial score (nSPS) is 10.5. The minimum Gasteiger partial charge on any atom is -0.268 e. The lowest BCUT2D eigenvalue weighted by Gasteiger charge is -2.03. The van der Waals surface area contributed by atoms with Crippen LogP contribution < -0.4 is 5.56 Å². The number of thiophene rings is 1. The predicted molar refractivity (Wildman–Crippen MR) is 65.6 cm³/mol. The number of aryl methyl sites for hydroxylation is 1. The topological polar surface area (TPSA) is 34.9 Å². The minimum absolute atomic E-state index is 0.0604. The summed E-state index contributed by atoms with van der Waals surface area (Å²) in [6, 6.07) is 7.29. The van der Waals surface area contributed by atoms with E-state index in [1.54, 1.807) is 23.5 Å². The molecule has 0 aliphatic heterocycles. The summed E-state index contributed by atoms with van der Waals surface area (Å²) in [6.45, 7) is 0.595. The van der Waals surface area contributed by atoms with Crippen LogP contribution in [0.4, 0.5) is 0 Å². The van der Waals surface area contributed by atoms with Crippen molar-refractivity contribution in [2.45, 2.75) is 6.54 Å². The van der Waals surface area contributed by atoms with Gasteiger partial charge in [0.2, 0.25) is 0 Å². The molecule has 0 atom stereocenters. The first-order valence-corrected chi connectivity index (χ1v) is 6.49. The van der Waals surface area contributed by atoms with Gasteiger partial charge in [-0.15, -0.1) is 11.3 Å². The van der Waals surface area contributed by atoms with Gasteiger partial charge in [0.1, 0.15) is 5.69 Å². The number of rotatable bonds is 3. The summed E-state index contributed by atoms with van der Waals surface area (Å²) < 4.78 is 1.48. The van der Waals surface area contributed by atoms with Crippen LogP contribution in [-0.2, 0) is 6.54 Å². The van der Waals surface area contributed by atoms with Crippen LogP contribution in [0.15, 0.2) is 34.4 Å². The number of aromatic nitrogens is 2. The Morgan fingerprint density at radius 3 is 2.93 bits per heavy atom. The highest BCUT2D eigenvalue weighted by molar-refractivity contribution is 9.09. The van der Waals surface area contributed by atoms with Gasteiger partial charge in [0, 0.05) is 11.4 Å². The van der Waals surface area contributed by atoms with E-state index in [1.807, 2.05) is 17.5 Å². The standard InChI is InChI=1S/C10H9BrN2OS/c11-5-6-13-10(14)4-3-8(12-13)9-2-1-7-15-9/h1-4,7H,5-6H2. The van der Waals surface area contributed by atoms with Crippen LogP contribution >= 0.6 is 27.3 Å². The van der Waals surface area contributed by atoms with Gasteiger partial charge in [0.05, 0.1) is 11.4 Å². The van der Waals surface area contributed by atoms with Crippen LogP contribution in [0.5, 0.6) is 0 Å². The van der Waals surface area contributed by atoms with Crippen molar-refractivity contribution >= 4 is 27.3 Å². The molecular weight excluding hydrogens is 276 g/mol. The van der Waals surface area contributed by atoms with E-state index in [0.717, 1.165) is 15.9 Å². The molecule has 0 radical (unpaired) electrons. The Labute approximate surface area is 99.5 Å². The van der Waals surface area contributed by atoms with Crippen LogP contribution in [0.2, 0.25) is 0 Å². The molecule has 0 spiro atoms. The molecular formula is C10H9BrN2OS. The zero-order chi connectivity index (χ0) is 10.7. The molecule has 0 unspecified atom stereocenters. The fraction of sp³-hybridized carbons (Fsp3) is 0.200. The Morgan fingerprint density at radius 1 is 1.40 bits per heavy atom. The summed E-state index contributed by atoms with van der Waals surface area (Å²) in [7, 11) is 0. The van der Waals surface area contributed by atoms with Crippen LogP contribution in [0.1, 0.15) is 0 Å². The maximum atomic E-state index is 11.4. The van der Waals surface area contributed by atoms with Gasteiger partial charge in [0.15, 0.2) is 0 Å². The lowest BCUT2D eigenvalue weighted by Crippen LogP contribution is -2.22. The number of hydrogen-bond acceptors (Lipinski definition) is 3. The average Bonchev–Trinajstić information content (AvgIpc) is 2.75. The van der Waals surface area contributed by atoms with Crippen molar-refractivity contribution in [3.63, 3.8) is 0 Å². The smallest absolute Gasteiger partial charge is 0.266 e. The Hall–Kier alpha value is -0.940.